The largest absolute Gasteiger partial charge is 0.395 e. The first kappa shape index (κ1) is 13.9. The van der Waals surface area contributed by atoms with Gasteiger partial charge in [0.2, 0.25) is 10.0 Å². The fourth-order valence-electron chi connectivity index (χ4n) is 2.07. The minimum Gasteiger partial charge on any atom is -0.395 e. The zero-order chi connectivity index (χ0) is 12.0. The van der Waals surface area contributed by atoms with Crippen LogP contribution in [0.2, 0.25) is 0 Å². The Morgan fingerprint density at radius 1 is 1.31 bits per heavy atom. The smallest absolute Gasteiger partial charge is 0.214 e. The predicted octanol–water partition coefficient (Wildman–Crippen LogP) is -0.0981. The van der Waals surface area contributed by atoms with E-state index in [1.807, 2.05) is 0 Å². The van der Waals surface area contributed by atoms with Crippen molar-refractivity contribution >= 4 is 10.0 Å². The van der Waals surface area contributed by atoms with Crippen LogP contribution in [0.25, 0.3) is 0 Å². The molecule has 6 heteroatoms. The monoisotopic (exact) mass is 250 g/mol. The second kappa shape index (κ2) is 6.54. The van der Waals surface area contributed by atoms with Crippen LogP contribution in [-0.4, -0.2) is 49.3 Å². The number of nitrogens with zero attached hydrogens (tertiary/aromatic N) is 1. The Hall–Kier alpha value is -0.170. The molecule has 1 unspecified atom stereocenters. The van der Waals surface area contributed by atoms with Crippen molar-refractivity contribution in [3.05, 3.63) is 0 Å². The molecule has 16 heavy (non-hydrogen) atoms. The van der Waals surface area contributed by atoms with E-state index in [4.69, 9.17) is 5.73 Å². The molecule has 0 aromatic rings. The minimum absolute atomic E-state index is 0.0733. The van der Waals surface area contributed by atoms with Gasteiger partial charge in [0.1, 0.15) is 0 Å². The Morgan fingerprint density at radius 3 is 2.69 bits per heavy atom. The minimum atomic E-state index is -3.20. The number of hydrogen-bond donors (Lipinski definition) is 2. The summed E-state index contributed by atoms with van der Waals surface area (Å²) in [6.07, 6.45) is 4.00. The van der Waals surface area contributed by atoms with Gasteiger partial charge in [0.15, 0.2) is 0 Å². The quantitative estimate of drug-likeness (QED) is 0.645. The van der Waals surface area contributed by atoms with E-state index in [1.54, 1.807) is 0 Å². The zero-order valence-corrected chi connectivity index (χ0v) is 10.5. The maximum Gasteiger partial charge on any atom is 0.214 e. The summed E-state index contributed by atoms with van der Waals surface area (Å²) in [7, 11) is -3.20. The lowest BCUT2D eigenvalue weighted by atomic mass is 10.1. The lowest BCUT2D eigenvalue weighted by Crippen LogP contribution is -2.46. The maximum atomic E-state index is 12.0. The average molecular weight is 250 g/mol. The fourth-order valence-corrected chi connectivity index (χ4v) is 3.91. The highest BCUT2D eigenvalue weighted by atomic mass is 32.2. The Labute approximate surface area is 97.7 Å². The standard InChI is InChI=1S/C10H22N2O3S/c11-6-2-4-8-16(14,15)12-7-3-1-5-10(12)9-13/h10,13H,1-9,11H2. The SMILES string of the molecule is NCCCCS(=O)(=O)N1CCCCC1CO. The number of piperidine rings is 1. The van der Waals surface area contributed by atoms with Crippen molar-refractivity contribution in [1.82, 2.24) is 4.31 Å². The molecule has 0 saturated carbocycles. The van der Waals surface area contributed by atoms with Gasteiger partial charge in [-0.1, -0.05) is 6.42 Å². The second-order valence-electron chi connectivity index (χ2n) is 4.25. The number of nitrogens with two attached hydrogens (primary N) is 1. The molecule has 3 N–H and O–H groups in total. The normalized spacial score (nSPS) is 23.5. The molecule has 96 valence electrons. The van der Waals surface area contributed by atoms with E-state index in [0.717, 1.165) is 25.7 Å². The molecule has 0 spiro atoms. The predicted molar refractivity (Wildman–Crippen MR) is 63.5 cm³/mol. The Morgan fingerprint density at radius 2 is 2.06 bits per heavy atom. The van der Waals surface area contributed by atoms with Crippen LogP contribution in [0.15, 0.2) is 0 Å². The van der Waals surface area contributed by atoms with E-state index in [-0.39, 0.29) is 18.4 Å². The molecule has 5 nitrogen and oxygen atoms in total. The van der Waals surface area contributed by atoms with E-state index in [9.17, 15) is 13.5 Å². The van der Waals surface area contributed by atoms with Crippen LogP contribution in [0.4, 0.5) is 0 Å². The molecule has 0 amide bonds. The van der Waals surface area contributed by atoms with Crippen LogP contribution in [0.5, 0.6) is 0 Å². The van der Waals surface area contributed by atoms with Gasteiger partial charge in [-0.25, -0.2) is 8.42 Å². The first-order chi connectivity index (χ1) is 7.61. The molecule has 1 fully saturated rings. The highest BCUT2D eigenvalue weighted by Crippen LogP contribution is 2.20. The molecule has 1 rings (SSSR count). The summed E-state index contributed by atoms with van der Waals surface area (Å²) in [5, 5.41) is 9.17. The van der Waals surface area contributed by atoms with E-state index >= 15 is 0 Å². The Kier molecular flexibility index (Phi) is 5.68. The van der Waals surface area contributed by atoms with Gasteiger partial charge in [-0.3, -0.25) is 0 Å². The van der Waals surface area contributed by atoms with E-state index < -0.39 is 10.0 Å². The van der Waals surface area contributed by atoms with Crippen molar-refractivity contribution in [2.24, 2.45) is 5.73 Å². The van der Waals surface area contributed by atoms with Crippen LogP contribution in [0.1, 0.15) is 32.1 Å². The number of unbranched alkanes of at least 4 members (excludes halogenated alkanes) is 1. The van der Waals surface area contributed by atoms with E-state index in [0.29, 0.717) is 19.5 Å². The van der Waals surface area contributed by atoms with Crippen molar-refractivity contribution in [2.75, 3.05) is 25.4 Å². The molecule has 0 radical (unpaired) electrons. The zero-order valence-electron chi connectivity index (χ0n) is 9.64. The molecule has 0 aliphatic carbocycles. The fraction of sp³-hybridized carbons (Fsp3) is 1.00. The van der Waals surface area contributed by atoms with Gasteiger partial charge in [0, 0.05) is 12.6 Å². The number of aliphatic hydroxyl groups excluding tert-OH is 1. The van der Waals surface area contributed by atoms with Crippen molar-refractivity contribution in [3.8, 4) is 0 Å². The van der Waals surface area contributed by atoms with Gasteiger partial charge < -0.3 is 10.8 Å². The third-order valence-electron chi connectivity index (χ3n) is 3.00. The van der Waals surface area contributed by atoms with E-state index in [2.05, 4.69) is 0 Å². The Bertz CT molecular complexity index is 292. The van der Waals surface area contributed by atoms with Gasteiger partial charge in [0.05, 0.1) is 12.4 Å². The summed E-state index contributed by atoms with van der Waals surface area (Å²) in [6.45, 7) is 1.01. The number of rotatable bonds is 6. The molecular weight excluding hydrogens is 228 g/mol. The second-order valence-corrected chi connectivity index (χ2v) is 6.30. The summed E-state index contributed by atoms with van der Waals surface area (Å²) >= 11 is 0. The van der Waals surface area contributed by atoms with Crippen LogP contribution in [-0.2, 0) is 10.0 Å². The van der Waals surface area contributed by atoms with Gasteiger partial charge in [-0.15, -0.1) is 0 Å². The molecule has 1 saturated heterocycles. The van der Waals surface area contributed by atoms with Gasteiger partial charge in [-0.2, -0.15) is 4.31 Å². The molecule has 0 aromatic carbocycles. The third-order valence-corrected chi connectivity index (χ3v) is 5.00. The first-order valence-electron chi connectivity index (χ1n) is 5.92. The lowest BCUT2D eigenvalue weighted by molar-refractivity contribution is 0.155. The lowest BCUT2D eigenvalue weighted by Gasteiger charge is -2.33. The molecular formula is C10H22N2O3S. The van der Waals surface area contributed by atoms with Gasteiger partial charge >= 0.3 is 0 Å². The molecule has 1 aliphatic rings. The summed E-state index contributed by atoms with van der Waals surface area (Å²) in [5.41, 5.74) is 5.34. The first-order valence-corrected chi connectivity index (χ1v) is 7.53. The van der Waals surface area contributed by atoms with Crippen LogP contribution >= 0.6 is 0 Å². The van der Waals surface area contributed by atoms with Crippen molar-refractivity contribution < 1.29 is 13.5 Å². The summed E-state index contributed by atoms with van der Waals surface area (Å²) in [5.74, 6) is 0.153. The number of hydrogen-bond acceptors (Lipinski definition) is 4. The highest BCUT2D eigenvalue weighted by molar-refractivity contribution is 7.89. The van der Waals surface area contributed by atoms with Crippen molar-refractivity contribution in [1.29, 1.82) is 0 Å². The average Bonchev–Trinajstić information content (AvgIpc) is 2.29. The summed E-state index contributed by atoms with van der Waals surface area (Å²) in [6, 6.07) is -0.211. The topological polar surface area (TPSA) is 83.6 Å². The summed E-state index contributed by atoms with van der Waals surface area (Å²) in [4.78, 5) is 0. The van der Waals surface area contributed by atoms with Crippen LogP contribution < -0.4 is 5.73 Å². The van der Waals surface area contributed by atoms with Gasteiger partial charge in [-0.05, 0) is 32.2 Å². The molecule has 0 aromatic heterocycles. The number of aliphatic hydroxyl groups is 1. The molecule has 1 aliphatic heterocycles. The number of sulfonamides is 1. The molecule has 1 heterocycles. The van der Waals surface area contributed by atoms with E-state index in [1.165, 1.54) is 4.31 Å². The third kappa shape index (κ3) is 3.69. The highest BCUT2D eigenvalue weighted by Gasteiger charge is 2.31. The Balaban J connectivity index is 2.57. The van der Waals surface area contributed by atoms with Crippen molar-refractivity contribution in [2.45, 2.75) is 38.1 Å². The van der Waals surface area contributed by atoms with Crippen molar-refractivity contribution in [3.63, 3.8) is 0 Å². The van der Waals surface area contributed by atoms with Gasteiger partial charge in [0.25, 0.3) is 0 Å². The molecule has 0 bridgehead atoms. The van der Waals surface area contributed by atoms with Crippen LogP contribution in [0, 0.1) is 0 Å². The van der Waals surface area contributed by atoms with Crippen LogP contribution in [0.3, 0.4) is 0 Å². The summed E-state index contributed by atoms with van der Waals surface area (Å²) < 4.78 is 25.5. The maximum absolute atomic E-state index is 12.0. The molecule has 1 atom stereocenters.